The van der Waals surface area contributed by atoms with E-state index in [1.807, 2.05) is 6.92 Å². The van der Waals surface area contributed by atoms with Crippen LogP contribution in [0.1, 0.15) is 6.92 Å². The van der Waals surface area contributed by atoms with Crippen molar-refractivity contribution in [3.63, 3.8) is 0 Å². The van der Waals surface area contributed by atoms with Gasteiger partial charge >= 0.3 is 0 Å². The second-order valence-electron chi connectivity index (χ2n) is 3.88. The highest BCUT2D eigenvalue weighted by Gasteiger charge is 2.07. The van der Waals surface area contributed by atoms with Crippen LogP contribution < -0.4 is 5.32 Å². The Balaban J connectivity index is 2.36. The lowest BCUT2D eigenvalue weighted by Gasteiger charge is -2.14. The van der Waals surface area contributed by atoms with Crippen molar-refractivity contribution in [2.24, 2.45) is 0 Å². The summed E-state index contributed by atoms with van der Waals surface area (Å²) in [7, 11) is 1.63. The molecule has 90 valence electrons. The van der Waals surface area contributed by atoms with Gasteiger partial charge < -0.3 is 10.1 Å². The molecule has 1 aromatic heterocycles. The van der Waals surface area contributed by atoms with Gasteiger partial charge in [0.2, 0.25) is 0 Å². The largest absolute Gasteiger partial charge is 0.383 e. The van der Waals surface area contributed by atoms with Crippen molar-refractivity contribution in [3.8, 4) is 0 Å². The molecule has 5 heteroatoms. The fraction of sp³-hybridized carbons (Fsp3) is 0.333. The minimum atomic E-state index is -0.297. The molecule has 0 unspecified atom stereocenters. The maximum Gasteiger partial charge on any atom is 0.137 e. The van der Waals surface area contributed by atoms with Crippen LogP contribution in [0, 0.1) is 5.82 Å². The summed E-state index contributed by atoms with van der Waals surface area (Å²) in [6.07, 6.45) is 1.46. The Morgan fingerprint density at radius 2 is 2.24 bits per heavy atom. The van der Waals surface area contributed by atoms with E-state index in [4.69, 9.17) is 4.74 Å². The van der Waals surface area contributed by atoms with Crippen molar-refractivity contribution in [2.75, 3.05) is 19.0 Å². The summed E-state index contributed by atoms with van der Waals surface area (Å²) in [5.74, 6) is 0.328. The van der Waals surface area contributed by atoms with Gasteiger partial charge in [0.05, 0.1) is 12.1 Å². The molecule has 0 fully saturated rings. The SMILES string of the molecule is COC[C@H](C)Nc1ncnc2ccc(F)cc12. The van der Waals surface area contributed by atoms with Crippen LogP contribution in [0.15, 0.2) is 24.5 Å². The van der Waals surface area contributed by atoms with Crippen LogP contribution >= 0.6 is 0 Å². The zero-order valence-corrected chi connectivity index (χ0v) is 9.77. The van der Waals surface area contributed by atoms with Gasteiger partial charge in [-0.05, 0) is 25.1 Å². The van der Waals surface area contributed by atoms with E-state index in [0.29, 0.717) is 23.3 Å². The van der Waals surface area contributed by atoms with Crippen molar-refractivity contribution < 1.29 is 9.13 Å². The number of nitrogens with one attached hydrogen (secondary N) is 1. The summed E-state index contributed by atoms with van der Waals surface area (Å²) in [6.45, 7) is 2.53. The van der Waals surface area contributed by atoms with Crippen LogP contribution in [0.4, 0.5) is 10.2 Å². The van der Waals surface area contributed by atoms with Gasteiger partial charge in [-0.2, -0.15) is 0 Å². The summed E-state index contributed by atoms with van der Waals surface area (Å²) >= 11 is 0. The van der Waals surface area contributed by atoms with E-state index in [1.165, 1.54) is 18.5 Å². The quantitative estimate of drug-likeness (QED) is 0.882. The van der Waals surface area contributed by atoms with Crippen molar-refractivity contribution in [1.29, 1.82) is 0 Å². The van der Waals surface area contributed by atoms with Gasteiger partial charge in [0, 0.05) is 18.5 Å². The Bertz CT molecular complexity index is 518. The first-order valence-electron chi connectivity index (χ1n) is 5.36. The van der Waals surface area contributed by atoms with Gasteiger partial charge in [-0.15, -0.1) is 0 Å². The van der Waals surface area contributed by atoms with E-state index in [-0.39, 0.29) is 11.9 Å². The van der Waals surface area contributed by atoms with Crippen LogP contribution in [-0.4, -0.2) is 29.7 Å². The molecular formula is C12H14FN3O. The molecule has 0 bridgehead atoms. The molecule has 1 heterocycles. The first-order valence-corrected chi connectivity index (χ1v) is 5.36. The topological polar surface area (TPSA) is 47.0 Å². The second-order valence-corrected chi connectivity index (χ2v) is 3.88. The number of hydrogen-bond acceptors (Lipinski definition) is 4. The van der Waals surface area contributed by atoms with E-state index in [2.05, 4.69) is 15.3 Å². The molecule has 0 aliphatic rings. The second kappa shape index (κ2) is 5.05. The van der Waals surface area contributed by atoms with E-state index < -0.39 is 0 Å². The predicted molar refractivity (Wildman–Crippen MR) is 64.5 cm³/mol. The first kappa shape index (κ1) is 11.7. The van der Waals surface area contributed by atoms with E-state index >= 15 is 0 Å². The van der Waals surface area contributed by atoms with Crippen molar-refractivity contribution in [2.45, 2.75) is 13.0 Å². The number of methoxy groups -OCH3 is 1. The van der Waals surface area contributed by atoms with Crippen LogP contribution in [-0.2, 0) is 4.74 Å². The Morgan fingerprint density at radius 3 is 3.00 bits per heavy atom. The van der Waals surface area contributed by atoms with Crippen LogP contribution in [0.25, 0.3) is 10.9 Å². The fourth-order valence-corrected chi connectivity index (χ4v) is 1.67. The molecule has 4 nitrogen and oxygen atoms in total. The highest BCUT2D eigenvalue weighted by atomic mass is 19.1. The zero-order valence-electron chi connectivity index (χ0n) is 9.77. The Morgan fingerprint density at radius 1 is 1.41 bits per heavy atom. The Kier molecular flexibility index (Phi) is 3.49. The van der Waals surface area contributed by atoms with Gasteiger partial charge in [-0.25, -0.2) is 14.4 Å². The summed E-state index contributed by atoms with van der Waals surface area (Å²) in [5, 5.41) is 3.85. The zero-order chi connectivity index (χ0) is 12.3. The third-order valence-corrected chi connectivity index (χ3v) is 2.40. The van der Waals surface area contributed by atoms with Crippen molar-refractivity contribution >= 4 is 16.7 Å². The lowest BCUT2D eigenvalue weighted by atomic mass is 10.2. The Labute approximate surface area is 98.8 Å². The molecule has 2 aromatic rings. The first-order chi connectivity index (χ1) is 8.20. The fourth-order valence-electron chi connectivity index (χ4n) is 1.67. The van der Waals surface area contributed by atoms with Crippen molar-refractivity contribution in [3.05, 3.63) is 30.3 Å². The molecule has 0 radical (unpaired) electrons. The minimum Gasteiger partial charge on any atom is -0.383 e. The number of hydrogen-bond donors (Lipinski definition) is 1. The number of ether oxygens (including phenoxy) is 1. The number of rotatable bonds is 4. The van der Waals surface area contributed by atoms with Gasteiger partial charge in [-0.1, -0.05) is 0 Å². The third kappa shape index (κ3) is 2.68. The van der Waals surface area contributed by atoms with Gasteiger partial charge in [0.25, 0.3) is 0 Å². The molecule has 0 aliphatic carbocycles. The number of halogens is 1. The van der Waals surface area contributed by atoms with Crippen LogP contribution in [0.2, 0.25) is 0 Å². The standard InChI is InChI=1S/C12H14FN3O/c1-8(6-17-2)16-12-10-5-9(13)3-4-11(10)14-7-15-12/h3-5,7-8H,6H2,1-2H3,(H,14,15,16)/t8-/m0/s1. The molecule has 1 N–H and O–H groups in total. The molecule has 2 rings (SSSR count). The lowest BCUT2D eigenvalue weighted by Crippen LogP contribution is -2.21. The Hall–Kier alpha value is -1.75. The highest BCUT2D eigenvalue weighted by Crippen LogP contribution is 2.20. The maximum atomic E-state index is 13.2. The minimum absolute atomic E-state index is 0.0985. The summed E-state index contributed by atoms with van der Waals surface area (Å²) < 4.78 is 18.2. The summed E-state index contributed by atoms with van der Waals surface area (Å²) in [4.78, 5) is 8.21. The molecule has 1 aromatic carbocycles. The number of nitrogens with zero attached hydrogens (tertiary/aromatic N) is 2. The van der Waals surface area contributed by atoms with E-state index in [1.54, 1.807) is 13.2 Å². The number of fused-ring (bicyclic) bond motifs is 1. The average Bonchev–Trinajstić information content (AvgIpc) is 2.30. The molecule has 0 saturated heterocycles. The van der Waals surface area contributed by atoms with E-state index in [0.717, 1.165) is 0 Å². The monoisotopic (exact) mass is 235 g/mol. The third-order valence-electron chi connectivity index (χ3n) is 2.40. The normalized spacial score (nSPS) is 12.6. The number of aromatic nitrogens is 2. The molecule has 0 amide bonds. The molecule has 0 spiro atoms. The smallest absolute Gasteiger partial charge is 0.137 e. The van der Waals surface area contributed by atoms with Gasteiger partial charge in [-0.3, -0.25) is 0 Å². The van der Waals surface area contributed by atoms with Crippen LogP contribution in [0.5, 0.6) is 0 Å². The van der Waals surface area contributed by atoms with Crippen molar-refractivity contribution in [1.82, 2.24) is 9.97 Å². The number of benzene rings is 1. The molecule has 0 aliphatic heterocycles. The van der Waals surface area contributed by atoms with Gasteiger partial charge in [0.1, 0.15) is 18.0 Å². The molecule has 1 atom stereocenters. The maximum absolute atomic E-state index is 13.2. The van der Waals surface area contributed by atoms with Crippen LogP contribution in [0.3, 0.4) is 0 Å². The molecular weight excluding hydrogens is 221 g/mol. The van der Waals surface area contributed by atoms with Gasteiger partial charge in [0.15, 0.2) is 0 Å². The average molecular weight is 235 g/mol. The number of anilines is 1. The lowest BCUT2D eigenvalue weighted by molar-refractivity contribution is 0.190. The predicted octanol–water partition coefficient (Wildman–Crippen LogP) is 2.22. The summed E-state index contributed by atoms with van der Waals surface area (Å²) in [6, 6.07) is 4.55. The highest BCUT2D eigenvalue weighted by molar-refractivity contribution is 5.88. The van der Waals surface area contributed by atoms with E-state index in [9.17, 15) is 4.39 Å². The summed E-state index contributed by atoms with van der Waals surface area (Å²) in [5.41, 5.74) is 0.716. The molecule has 0 saturated carbocycles. The molecule has 17 heavy (non-hydrogen) atoms.